The number of carboxylic acid groups (broad SMARTS) is 2. The van der Waals surface area contributed by atoms with Crippen LogP contribution in [0.15, 0.2) is 12.5 Å². The van der Waals surface area contributed by atoms with Crippen LogP contribution in [0.4, 0.5) is 0 Å². The monoisotopic (exact) mass is 298 g/mol. The van der Waals surface area contributed by atoms with Gasteiger partial charge in [0.1, 0.15) is 11.7 Å². The third-order valence-electron chi connectivity index (χ3n) is 2.74. The molecule has 0 unspecified atom stereocenters. The summed E-state index contributed by atoms with van der Waals surface area (Å²) in [6, 6.07) is -1.14. The highest BCUT2D eigenvalue weighted by Gasteiger charge is 2.21. The molecule has 5 N–H and O–H groups in total. The highest BCUT2D eigenvalue weighted by atomic mass is 16.4. The molecule has 1 heterocycles. The minimum absolute atomic E-state index is 0.0386. The molecule has 1 rings (SSSR count). The maximum Gasteiger partial charge on any atom is 0.326 e. The van der Waals surface area contributed by atoms with Crippen LogP contribution in [0.5, 0.6) is 0 Å². The van der Waals surface area contributed by atoms with Gasteiger partial charge in [0.25, 0.3) is 5.91 Å². The number of carboxylic acids is 2. The van der Waals surface area contributed by atoms with Crippen molar-refractivity contribution in [1.29, 1.82) is 0 Å². The number of imidazole rings is 1. The van der Waals surface area contributed by atoms with E-state index in [1.54, 1.807) is 4.57 Å². The number of amides is 1. The second-order valence-electron chi connectivity index (χ2n) is 4.44. The van der Waals surface area contributed by atoms with Crippen LogP contribution in [0.25, 0.3) is 0 Å². The van der Waals surface area contributed by atoms with Crippen molar-refractivity contribution in [3.8, 4) is 0 Å². The standard InChI is InChI=1S/C12H18N4O5/c13-4-5-16-6-9(14-7-16)11(19)15-8(12(20)21)2-1-3-10(17)18/h6-8H,1-5,13H2,(H,15,19)(H,17,18)(H,20,21)/t8-/m1/s1. The van der Waals surface area contributed by atoms with Gasteiger partial charge in [-0.2, -0.15) is 0 Å². The number of nitrogens with zero attached hydrogens (tertiary/aromatic N) is 2. The SMILES string of the molecule is NCCn1cnc(C(=O)N[C@H](CCCC(=O)O)C(=O)O)c1. The minimum Gasteiger partial charge on any atom is -0.481 e. The van der Waals surface area contributed by atoms with Crippen LogP contribution in [0.1, 0.15) is 29.8 Å². The highest BCUT2D eigenvalue weighted by Crippen LogP contribution is 2.04. The number of aliphatic carboxylic acids is 2. The number of rotatable bonds is 9. The van der Waals surface area contributed by atoms with E-state index >= 15 is 0 Å². The Morgan fingerprint density at radius 3 is 2.67 bits per heavy atom. The van der Waals surface area contributed by atoms with Crippen LogP contribution in [0.2, 0.25) is 0 Å². The molecule has 0 radical (unpaired) electrons. The zero-order valence-corrected chi connectivity index (χ0v) is 11.4. The Kier molecular flexibility index (Phi) is 6.34. The molecule has 0 spiro atoms. The van der Waals surface area contributed by atoms with Gasteiger partial charge in [-0.25, -0.2) is 9.78 Å². The molecule has 0 bridgehead atoms. The highest BCUT2D eigenvalue weighted by molar-refractivity contribution is 5.94. The predicted molar refractivity (Wildman–Crippen MR) is 71.7 cm³/mol. The number of nitrogens with one attached hydrogen (secondary N) is 1. The topological polar surface area (TPSA) is 148 Å². The van der Waals surface area contributed by atoms with Crippen molar-refractivity contribution < 1.29 is 24.6 Å². The summed E-state index contributed by atoms with van der Waals surface area (Å²) in [6.07, 6.45) is 2.95. The molecule has 1 amide bonds. The molecule has 0 aliphatic carbocycles. The molecular formula is C12H18N4O5. The van der Waals surface area contributed by atoms with Crippen LogP contribution in [-0.2, 0) is 16.1 Å². The average molecular weight is 298 g/mol. The van der Waals surface area contributed by atoms with Gasteiger partial charge >= 0.3 is 11.9 Å². The van der Waals surface area contributed by atoms with Gasteiger partial charge in [0.05, 0.1) is 6.33 Å². The minimum atomic E-state index is -1.21. The molecule has 0 saturated heterocycles. The van der Waals surface area contributed by atoms with Gasteiger partial charge in [-0.15, -0.1) is 0 Å². The Morgan fingerprint density at radius 1 is 1.38 bits per heavy atom. The maximum absolute atomic E-state index is 11.9. The van der Waals surface area contributed by atoms with Gasteiger partial charge in [-0.1, -0.05) is 0 Å². The van der Waals surface area contributed by atoms with Crippen molar-refractivity contribution in [3.63, 3.8) is 0 Å². The Bertz CT molecular complexity index is 514. The lowest BCUT2D eigenvalue weighted by molar-refractivity contribution is -0.140. The number of aromatic nitrogens is 2. The Labute approximate surface area is 120 Å². The first-order chi connectivity index (χ1) is 9.93. The summed E-state index contributed by atoms with van der Waals surface area (Å²) < 4.78 is 1.62. The fourth-order valence-corrected chi connectivity index (χ4v) is 1.70. The van der Waals surface area contributed by atoms with Gasteiger partial charge in [-0.05, 0) is 12.8 Å². The van der Waals surface area contributed by atoms with E-state index in [9.17, 15) is 14.4 Å². The first-order valence-electron chi connectivity index (χ1n) is 6.41. The molecule has 1 aromatic heterocycles. The van der Waals surface area contributed by atoms with Gasteiger partial charge in [-0.3, -0.25) is 9.59 Å². The Morgan fingerprint density at radius 2 is 2.10 bits per heavy atom. The van der Waals surface area contributed by atoms with Crippen molar-refractivity contribution in [2.75, 3.05) is 6.54 Å². The van der Waals surface area contributed by atoms with E-state index in [1.807, 2.05) is 0 Å². The van der Waals surface area contributed by atoms with Gasteiger partial charge in [0.2, 0.25) is 0 Å². The number of nitrogens with two attached hydrogens (primary N) is 1. The zero-order chi connectivity index (χ0) is 15.8. The lowest BCUT2D eigenvalue weighted by Gasteiger charge is -2.12. The van der Waals surface area contributed by atoms with Crippen LogP contribution < -0.4 is 11.1 Å². The van der Waals surface area contributed by atoms with Gasteiger partial charge < -0.3 is 25.8 Å². The number of hydrogen-bond acceptors (Lipinski definition) is 5. The van der Waals surface area contributed by atoms with Crippen molar-refractivity contribution in [1.82, 2.24) is 14.9 Å². The lowest BCUT2D eigenvalue weighted by Crippen LogP contribution is -2.41. The molecular weight excluding hydrogens is 280 g/mol. The van der Waals surface area contributed by atoms with E-state index in [0.717, 1.165) is 0 Å². The predicted octanol–water partition coefficient (Wildman–Crippen LogP) is -0.720. The quantitative estimate of drug-likeness (QED) is 0.470. The van der Waals surface area contributed by atoms with Gasteiger partial charge in [0.15, 0.2) is 0 Å². The molecule has 1 atom stereocenters. The van der Waals surface area contributed by atoms with Crippen molar-refractivity contribution in [3.05, 3.63) is 18.2 Å². The average Bonchev–Trinajstić information content (AvgIpc) is 2.86. The summed E-state index contributed by atoms with van der Waals surface area (Å²) >= 11 is 0. The summed E-state index contributed by atoms with van der Waals surface area (Å²) in [7, 11) is 0. The number of hydrogen-bond donors (Lipinski definition) is 4. The summed E-state index contributed by atoms with van der Waals surface area (Å²) in [5.41, 5.74) is 5.46. The van der Waals surface area contributed by atoms with E-state index in [4.69, 9.17) is 15.9 Å². The second kappa shape index (κ2) is 8.00. The third kappa shape index (κ3) is 5.61. The molecule has 21 heavy (non-hydrogen) atoms. The molecule has 1 aromatic rings. The Balaban J connectivity index is 2.58. The van der Waals surface area contributed by atoms with Gasteiger partial charge in [0, 0.05) is 25.7 Å². The zero-order valence-electron chi connectivity index (χ0n) is 11.4. The molecule has 0 aromatic carbocycles. The van der Waals surface area contributed by atoms with E-state index in [0.29, 0.717) is 13.1 Å². The summed E-state index contributed by atoms with van der Waals surface area (Å²) in [5, 5.41) is 19.9. The molecule has 9 heteroatoms. The number of carbonyl (C=O) groups excluding carboxylic acids is 1. The van der Waals surface area contributed by atoms with E-state index in [1.165, 1.54) is 12.5 Å². The first-order valence-corrected chi connectivity index (χ1v) is 6.41. The fourth-order valence-electron chi connectivity index (χ4n) is 1.70. The van der Waals surface area contributed by atoms with Crippen LogP contribution in [0, 0.1) is 0 Å². The Hall–Kier alpha value is -2.42. The van der Waals surface area contributed by atoms with Crippen molar-refractivity contribution >= 4 is 17.8 Å². The van der Waals surface area contributed by atoms with Crippen LogP contribution >= 0.6 is 0 Å². The summed E-state index contributed by atoms with van der Waals surface area (Å²) in [5.74, 6) is -2.84. The molecule has 0 fully saturated rings. The van der Waals surface area contributed by atoms with E-state index in [-0.39, 0.29) is 25.0 Å². The van der Waals surface area contributed by atoms with Crippen molar-refractivity contribution in [2.24, 2.45) is 5.73 Å². The van der Waals surface area contributed by atoms with Crippen LogP contribution in [0.3, 0.4) is 0 Å². The third-order valence-corrected chi connectivity index (χ3v) is 2.74. The molecule has 0 aliphatic heterocycles. The molecule has 9 nitrogen and oxygen atoms in total. The smallest absolute Gasteiger partial charge is 0.326 e. The first kappa shape index (κ1) is 16.6. The molecule has 0 saturated carbocycles. The van der Waals surface area contributed by atoms with E-state index in [2.05, 4.69) is 10.3 Å². The normalized spacial score (nSPS) is 11.9. The summed E-state index contributed by atoms with van der Waals surface area (Å²) in [6.45, 7) is 0.894. The van der Waals surface area contributed by atoms with Crippen molar-refractivity contribution in [2.45, 2.75) is 31.8 Å². The van der Waals surface area contributed by atoms with E-state index < -0.39 is 23.9 Å². The maximum atomic E-state index is 11.9. The lowest BCUT2D eigenvalue weighted by atomic mass is 10.1. The fraction of sp³-hybridized carbons (Fsp3) is 0.500. The second-order valence-corrected chi connectivity index (χ2v) is 4.44. The largest absolute Gasteiger partial charge is 0.481 e. The van der Waals surface area contributed by atoms with Crippen LogP contribution in [-0.4, -0.2) is 50.2 Å². The number of carbonyl (C=O) groups is 3. The molecule has 116 valence electrons. The summed E-state index contributed by atoms with van der Waals surface area (Å²) in [4.78, 5) is 37.2. The molecule has 0 aliphatic rings.